The molecule has 0 aliphatic heterocycles. The fraction of sp³-hybridized carbons (Fsp3) is 0.438. The summed E-state index contributed by atoms with van der Waals surface area (Å²) in [6.07, 6.45) is 4.86. The fourth-order valence-corrected chi connectivity index (χ4v) is 3.84. The molecule has 0 atom stereocenters. The van der Waals surface area contributed by atoms with E-state index in [1.165, 1.54) is 37.0 Å². The van der Waals surface area contributed by atoms with Gasteiger partial charge in [-0.2, -0.15) is 0 Å². The van der Waals surface area contributed by atoms with E-state index in [1.54, 1.807) is 0 Å². The molecule has 0 saturated heterocycles. The van der Waals surface area contributed by atoms with Crippen molar-refractivity contribution >= 4 is 33.0 Å². The van der Waals surface area contributed by atoms with Gasteiger partial charge in [0.15, 0.2) is 0 Å². The molecule has 20 heavy (non-hydrogen) atoms. The first kappa shape index (κ1) is 13.4. The molecular formula is C16H20N2OS. The molecule has 2 aromatic rings. The second kappa shape index (κ2) is 5.09. The van der Waals surface area contributed by atoms with Crippen LogP contribution < -0.4 is 11.1 Å². The number of nitrogens with one attached hydrogen (secondary N) is 1. The number of benzene rings is 1. The van der Waals surface area contributed by atoms with E-state index in [0.717, 1.165) is 16.6 Å². The predicted octanol–water partition coefficient (Wildman–Crippen LogP) is 3.79. The quantitative estimate of drug-likeness (QED) is 0.879. The molecule has 1 aromatic carbocycles. The van der Waals surface area contributed by atoms with Crippen LogP contribution in [0.3, 0.4) is 0 Å². The number of rotatable bonds is 5. The monoisotopic (exact) mass is 288 g/mol. The normalized spacial score (nSPS) is 16.2. The predicted molar refractivity (Wildman–Crippen MR) is 85.1 cm³/mol. The third kappa shape index (κ3) is 2.40. The first-order valence-corrected chi connectivity index (χ1v) is 8.02. The second-order valence-electron chi connectivity index (χ2n) is 5.77. The van der Waals surface area contributed by atoms with Crippen molar-refractivity contribution in [1.29, 1.82) is 0 Å². The number of carbonyl (C=O) groups is 1. The Morgan fingerprint density at radius 2 is 2.15 bits per heavy atom. The Kier molecular flexibility index (Phi) is 3.42. The average Bonchev–Trinajstić information content (AvgIpc) is 3.14. The van der Waals surface area contributed by atoms with Gasteiger partial charge in [0.2, 0.25) is 0 Å². The van der Waals surface area contributed by atoms with Crippen molar-refractivity contribution in [3.8, 4) is 0 Å². The maximum absolute atomic E-state index is 12.3. The summed E-state index contributed by atoms with van der Waals surface area (Å²) in [6, 6.07) is 7.90. The van der Waals surface area contributed by atoms with Crippen LogP contribution in [0.4, 0.5) is 5.69 Å². The van der Waals surface area contributed by atoms with E-state index in [9.17, 15) is 4.79 Å². The molecule has 1 aliphatic carbocycles. The molecule has 3 N–H and O–H groups in total. The Morgan fingerprint density at radius 1 is 1.40 bits per heavy atom. The van der Waals surface area contributed by atoms with Crippen LogP contribution >= 0.6 is 11.3 Å². The van der Waals surface area contributed by atoms with Gasteiger partial charge in [0.25, 0.3) is 5.91 Å². The lowest BCUT2D eigenvalue weighted by atomic mass is 10.0. The van der Waals surface area contributed by atoms with Crippen molar-refractivity contribution in [2.24, 2.45) is 5.41 Å². The molecule has 3 nitrogen and oxygen atoms in total. The van der Waals surface area contributed by atoms with Crippen LogP contribution in [0.25, 0.3) is 10.1 Å². The van der Waals surface area contributed by atoms with Crippen LogP contribution in [0.15, 0.2) is 24.3 Å². The number of hydrogen-bond acceptors (Lipinski definition) is 3. The van der Waals surface area contributed by atoms with Gasteiger partial charge in [-0.05, 0) is 30.7 Å². The summed E-state index contributed by atoms with van der Waals surface area (Å²) in [5.74, 6) is -0.0221. The molecule has 1 heterocycles. The van der Waals surface area contributed by atoms with Crippen molar-refractivity contribution in [3.05, 3.63) is 29.1 Å². The Bertz CT molecular complexity index is 643. The highest BCUT2D eigenvalue weighted by molar-refractivity contribution is 7.21. The van der Waals surface area contributed by atoms with Crippen LogP contribution in [0.5, 0.6) is 0 Å². The SMILES string of the molecule is CCCC1(CNC(=O)c2sc3ccccc3c2N)CC1. The molecule has 4 heteroatoms. The number of thiophene rings is 1. The summed E-state index contributed by atoms with van der Waals surface area (Å²) in [6.45, 7) is 2.99. The minimum Gasteiger partial charge on any atom is -0.397 e. The summed E-state index contributed by atoms with van der Waals surface area (Å²) < 4.78 is 1.07. The highest BCUT2D eigenvalue weighted by Gasteiger charge is 2.41. The molecule has 3 rings (SSSR count). The highest BCUT2D eigenvalue weighted by atomic mass is 32.1. The molecule has 1 aromatic heterocycles. The van der Waals surface area contributed by atoms with E-state index >= 15 is 0 Å². The molecule has 1 amide bonds. The number of hydrogen-bond donors (Lipinski definition) is 2. The van der Waals surface area contributed by atoms with Crippen molar-refractivity contribution in [1.82, 2.24) is 5.32 Å². The lowest BCUT2D eigenvalue weighted by molar-refractivity contribution is 0.0948. The molecule has 0 unspecified atom stereocenters. The van der Waals surface area contributed by atoms with Gasteiger partial charge in [-0.25, -0.2) is 0 Å². The van der Waals surface area contributed by atoms with Crippen LogP contribution in [0, 0.1) is 5.41 Å². The summed E-state index contributed by atoms with van der Waals surface area (Å²) in [5, 5.41) is 4.06. The number of anilines is 1. The maximum Gasteiger partial charge on any atom is 0.263 e. The second-order valence-corrected chi connectivity index (χ2v) is 6.83. The summed E-state index contributed by atoms with van der Waals surface area (Å²) >= 11 is 1.48. The van der Waals surface area contributed by atoms with E-state index in [4.69, 9.17) is 5.73 Å². The van der Waals surface area contributed by atoms with Crippen molar-refractivity contribution in [2.75, 3.05) is 12.3 Å². The van der Waals surface area contributed by atoms with Crippen molar-refractivity contribution in [3.63, 3.8) is 0 Å². The van der Waals surface area contributed by atoms with Gasteiger partial charge in [-0.15, -0.1) is 11.3 Å². The zero-order valence-corrected chi connectivity index (χ0v) is 12.6. The third-order valence-corrected chi connectivity index (χ3v) is 5.39. The van der Waals surface area contributed by atoms with Gasteiger partial charge in [0, 0.05) is 16.6 Å². The van der Waals surface area contributed by atoms with Crippen LogP contribution in [-0.4, -0.2) is 12.5 Å². The lowest BCUT2D eigenvalue weighted by Crippen LogP contribution is -2.30. The van der Waals surface area contributed by atoms with E-state index < -0.39 is 0 Å². The van der Waals surface area contributed by atoms with Crippen LogP contribution in [0.2, 0.25) is 0 Å². The fourth-order valence-electron chi connectivity index (χ4n) is 2.80. The van der Waals surface area contributed by atoms with Gasteiger partial charge >= 0.3 is 0 Å². The average molecular weight is 288 g/mol. The molecule has 0 radical (unpaired) electrons. The van der Waals surface area contributed by atoms with Gasteiger partial charge < -0.3 is 11.1 Å². The van der Waals surface area contributed by atoms with E-state index in [0.29, 0.717) is 16.0 Å². The summed E-state index contributed by atoms with van der Waals surface area (Å²) in [5.41, 5.74) is 7.09. The highest BCUT2D eigenvalue weighted by Crippen LogP contribution is 2.49. The number of nitrogens with two attached hydrogens (primary N) is 1. The Hall–Kier alpha value is -1.55. The molecule has 1 fully saturated rings. The van der Waals surface area contributed by atoms with Crippen molar-refractivity contribution < 1.29 is 4.79 Å². The molecule has 0 bridgehead atoms. The Labute approximate surface area is 123 Å². The minimum absolute atomic E-state index is 0.0221. The van der Waals surface area contributed by atoms with E-state index in [2.05, 4.69) is 12.2 Å². The smallest absolute Gasteiger partial charge is 0.263 e. The first-order valence-electron chi connectivity index (χ1n) is 7.20. The van der Waals surface area contributed by atoms with Gasteiger partial charge in [0.1, 0.15) is 4.88 Å². The number of nitrogen functional groups attached to an aromatic ring is 1. The maximum atomic E-state index is 12.3. The zero-order chi connectivity index (χ0) is 14.2. The molecule has 1 saturated carbocycles. The Morgan fingerprint density at radius 3 is 2.80 bits per heavy atom. The molecule has 0 spiro atoms. The zero-order valence-electron chi connectivity index (χ0n) is 11.7. The number of carbonyl (C=O) groups excluding carboxylic acids is 1. The molecular weight excluding hydrogens is 268 g/mol. The minimum atomic E-state index is -0.0221. The molecule has 1 aliphatic rings. The van der Waals surface area contributed by atoms with E-state index in [-0.39, 0.29) is 5.91 Å². The van der Waals surface area contributed by atoms with Gasteiger partial charge in [-0.1, -0.05) is 31.5 Å². The van der Waals surface area contributed by atoms with Crippen LogP contribution in [-0.2, 0) is 0 Å². The number of fused-ring (bicyclic) bond motifs is 1. The summed E-state index contributed by atoms with van der Waals surface area (Å²) in [7, 11) is 0. The van der Waals surface area contributed by atoms with Gasteiger partial charge in [-0.3, -0.25) is 4.79 Å². The van der Waals surface area contributed by atoms with Crippen molar-refractivity contribution in [2.45, 2.75) is 32.6 Å². The van der Waals surface area contributed by atoms with Crippen LogP contribution in [0.1, 0.15) is 42.3 Å². The topological polar surface area (TPSA) is 55.1 Å². The number of amides is 1. The Balaban J connectivity index is 1.74. The first-order chi connectivity index (χ1) is 9.65. The third-order valence-electron chi connectivity index (χ3n) is 4.20. The standard InChI is InChI=1S/C16H20N2OS/c1-2-7-16(8-9-16)10-18-15(19)14-13(17)11-5-3-4-6-12(11)20-14/h3-6H,2,7-10,17H2,1H3,(H,18,19). The largest absolute Gasteiger partial charge is 0.397 e. The van der Waals surface area contributed by atoms with Gasteiger partial charge in [0.05, 0.1) is 5.69 Å². The summed E-state index contributed by atoms with van der Waals surface area (Å²) in [4.78, 5) is 13.0. The lowest BCUT2D eigenvalue weighted by Gasteiger charge is -2.14. The molecule has 106 valence electrons. The van der Waals surface area contributed by atoms with E-state index in [1.807, 2.05) is 24.3 Å².